The predicted molar refractivity (Wildman–Crippen MR) is 96.7 cm³/mol. The summed E-state index contributed by atoms with van der Waals surface area (Å²) >= 11 is 0. The van der Waals surface area contributed by atoms with E-state index in [9.17, 15) is 14.3 Å². The Morgan fingerprint density at radius 3 is 2.52 bits per heavy atom. The Balaban J connectivity index is 2.31. The average Bonchev–Trinajstić information content (AvgIpc) is 2.62. The Labute approximate surface area is 147 Å². The molecule has 0 bridgehead atoms. The quantitative estimate of drug-likeness (QED) is 0.663. The molecule has 0 radical (unpaired) electrons. The van der Waals surface area contributed by atoms with Crippen molar-refractivity contribution in [3.05, 3.63) is 65.0 Å². The molecule has 0 heterocycles. The Morgan fingerprint density at radius 2 is 1.92 bits per heavy atom. The highest BCUT2D eigenvalue weighted by Gasteiger charge is 2.19. The third-order valence-electron chi connectivity index (χ3n) is 3.98. The molecule has 0 amide bonds. The van der Waals surface area contributed by atoms with Gasteiger partial charge in [0.15, 0.2) is 0 Å². The monoisotopic (exact) mass is 337 g/mol. The van der Waals surface area contributed by atoms with Crippen LogP contribution in [0.3, 0.4) is 0 Å². The number of unbranched alkanes of at least 4 members (excludes halogenated alkanes) is 3. The number of hydrogen-bond acceptors (Lipinski definition) is 2. The second kappa shape index (κ2) is 8.79. The van der Waals surface area contributed by atoms with Gasteiger partial charge >= 0.3 is 5.97 Å². The van der Waals surface area contributed by atoms with E-state index in [2.05, 4.69) is 13.0 Å². The fraction of sp³-hybridized carbons (Fsp3) is 0.238. The second-order valence-electron chi connectivity index (χ2n) is 5.79. The minimum atomic E-state index is -1.22. The molecule has 0 saturated carbocycles. The van der Waals surface area contributed by atoms with Crippen molar-refractivity contribution >= 4 is 12.0 Å². The number of rotatable bonds is 7. The number of carboxylic acids is 1. The minimum Gasteiger partial charge on any atom is -0.478 e. The summed E-state index contributed by atoms with van der Waals surface area (Å²) in [6.45, 7) is 2.16. The van der Waals surface area contributed by atoms with Crippen molar-refractivity contribution in [2.75, 3.05) is 0 Å². The van der Waals surface area contributed by atoms with Gasteiger partial charge in [-0.15, -0.1) is 0 Å². The number of hydrogen-bond donors (Lipinski definition) is 1. The van der Waals surface area contributed by atoms with E-state index >= 15 is 0 Å². The normalized spacial score (nSPS) is 10.8. The highest BCUT2D eigenvalue weighted by molar-refractivity contribution is 5.96. The molecule has 0 saturated heterocycles. The number of aromatic carboxylic acids is 1. The van der Waals surface area contributed by atoms with Crippen molar-refractivity contribution in [3.63, 3.8) is 0 Å². The molecule has 0 atom stereocenters. The zero-order chi connectivity index (χ0) is 18.2. The number of nitriles is 1. The third-order valence-corrected chi connectivity index (χ3v) is 3.98. The molecule has 25 heavy (non-hydrogen) atoms. The van der Waals surface area contributed by atoms with Crippen molar-refractivity contribution in [2.45, 2.75) is 32.6 Å². The van der Waals surface area contributed by atoms with Crippen LogP contribution < -0.4 is 0 Å². The summed E-state index contributed by atoms with van der Waals surface area (Å²) < 4.78 is 14.5. The van der Waals surface area contributed by atoms with Gasteiger partial charge in [-0.2, -0.15) is 5.26 Å². The minimum absolute atomic E-state index is 0.0509. The van der Waals surface area contributed by atoms with E-state index in [-0.39, 0.29) is 16.7 Å². The van der Waals surface area contributed by atoms with E-state index < -0.39 is 11.8 Å². The van der Waals surface area contributed by atoms with E-state index in [1.807, 2.05) is 18.2 Å². The molecule has 2 rings (SSSR count). The third kappa shape index (κ3) is 4.54. The Kier molecular flexibility index (Phi) is 6.47. The van der Waals surface area contributed by atoms with Gasteiger partial charge in [0.2, 0.25) is 0 Å². The van der Waals surface area contributed by atoms with Crippen molar-refractivity contribution in [3.8, 4) is 17.2 Å². The molecule has 0 spiro atoms. The first-order chi connectivity index (χ1) is 12.1. The Bertz CT molecular complexity index is 817. The van der Waals surface area contributed by atoms with Crippen LogP contribution >= 0.6 is 0 Å². The number of allylic oxidation sites excluding steroid dienone is 1. The lowest BCUT2D eigenvalue weighted by Gasteiger charge is -2.09. The summed E-state index contributed by atoms with van der Waals surface area (Å²) in [7, 11) is 0. The largest absolute Gasteiger partial charge is 0.478 e. The van der Waals surface area contributed by atoms with Crippen LogP contribution in [0.15, 0.2) is 42.5 Å². The van der Waals surface area contributed by atoms with Gasteiger partial charge in [-0.05, 0) is 36.1 Å². The number of nitrogens with zero attached hydrogens (tertiary/aromatic N) is 1. The SMILES string of the molecule is CCCCC/C=C/c1ccc(-c2c(C(=O)O)ccc(C#N)c2F)cc1. The molecule has 0 fully saturated rings. The van der Waals surface area contributed by atoms with Crippen LogP contribution in [0.4, 0.5) is 4.39 Å². The van der Waals surface area contributed by atoms with Gasteiger partial charge in [0.05, 0.1) is 11.1 Å². The van der Waals surface area contributed by atoms with E-state index in [0.717, 1.165) is 18.4 Å². The van der Waals surface area contributed by atoms with Gasteiger partial charge in [0.1, 0.15) is 11.9 Å². The molecule has 2 aromatic rings. The summed E-state index contributed by atoms with van der Waals surface area (Å²) in [6, 6.07) is 11.2. The van der Waals surface area contributed by atoms with Crippen LogP contribution in [0.1, 0.15) is 54.1 Å². The van der Waals surface area contributed by atoms with Gasteiger partial charge in [-0.25, -0.2) is 9.18 Å². The van der Waals surface area contributed by atoms with Crippen LogP contribution in [0, 0.1) is 17.1 Å². The van der Waals surface area contributed by atoms with E-state index in [0.29, 0.717) is 5.56 Å². The van der Waals surface area contributed by atoms with Crippen LogP contribution in [0.2, 0.25) is 0 Å². The fourth-order valence-corrected chi connectivity index (χ4v) is 2.62. The van der Waals surface area contributed by atoms with Crippen molar-refractivity contribution < 1.29 is 14.3 Å². The topological polar surface area (TPSA) is 61.1 Å². The molecule has 4 heteroatoms. The lowest BCUT2D eigenvalue weighted by Crippen LogP contribution is -2.03. The van der Waals surface area contributed by atoms with Crippen LogP contribution in [-0.2, 0) is 0 Å². The van der Waals surface area contributed by atoms with Crippen LogP contribution in [0.5, 0.6) is 0 Å². The summed E-state index contributed by atoms with van der Waals surface area (Å²) in [6.07, 6.45) is 8.65. The van der Waals surface area contributed by atoms with Crippen LogP contribution in [0.25, 0.3) is 17.2 Å². The standard InChI is InChI=1S/C21H20FNO2/c1-2-3-4-5-6-7-15-8-10-16(11-9-15)19-18(21(24)25)13-12-17(14-23)20(19)22/h6-13H,2-5H2,1H3,(H,24,25)/b7-6+. The predicted octanol–water partition coefficient (Wildman–Crippen LogP) is 5.66. The van der Waals surface area contributed by atoms with E-state index in [4.69, 9.17) is 5.26 Å². The van der Waals surface area contributed by atoms with Gasteiger partial charge in [0.25, 0.3) is 0 Å². The van der Waals surface area contributed by atoms with Crippen LogP contribution in [-0.4, -0.2) is 11.1 Å². The number of carboxylic acid groups (broad SMARTS) is 1. The maximum atomic E-state index is 14.5. The molecule has 0 aliphatic rings. The molecular weight excluding hydrogens is 317 g/mol. The highest BCUT2D eigenvalue weighted by Crippen LogP contribution is 2.29. The first-order valence-corrected chi connectivity index (χ1v) is 8.31. The molecule has 2 aromatic carbocycles. The molecule has 128 valence electrons. The van der Waals surface area contributed by atoms with Gasteiger partial charge in [0, 0.05) is 5.56 Å². The van der Waals surface area contributed by atoms with Gasteiger partial charge in [-0.3, -0.25) is 0 Å². The average molecular weight is 337 g/mol. The first kappa shape index (κ1) is 18.4. The number of benzene rings is 2. The zero-order valence-electron chi connectivity index (χ0n) is 14.1. The fourth-order valence-electron chi connectivity index (χ4n) is 2.62. The summed E-state index contributed by atoms with van der Waals surface area (Å²) in [4.78, 5) is 11.4. The summed E-state index contributed by atoms with van der Waals surface area (Å²) in [5.41, 5.74) is 1.04. The maximum absolute atomic E-state index is 14.5. The number of halogens is 1. The highest BCUT2D eigenvalue weighted by atomic mass is 19.1. The van der Waals surface area contributed by atoms with Crippen molar-refractivity contribution in [1.29, 1.82) is 5.26 Å². The van der Waals surface area contributed by atoms with E-state index in [1.165, 1.54) is 25.0 Å². The molecule has 0 aliphatic carbocycles. The summed E-state index contributed by atoms with van der Waals surface area (Å²) in [5, 5.41) is 18.3. The van der Waals surface area contributed by atoms with Gasteiger partial charge in [-0.1, -0.05) is 56.2 Å². The van der Waals surface area contributed by atoms with Crippen molar-refractivity contribution in [2.24, 2.45) is 0 Å². The smallest absolute Gasteiger partial charge is 0.336 e. The number of carbonyl (C=O) groups is 1. The Morgan fingerprint density at radius 1 is 1.20 bits per heavy atom. The lowest BCUT2D eigenvalue weighted by molar-refractivity contribution is 0.0697. The zero-order valence-corrected chi connectivity index (χ0v) is 14.1. The molecule has 0 aliphatic heterocycles. The first-order valence-electron chi connectivity index (χ1n) is 8.31. The molecule has 0 unspecified atom stereocenters. The van der Waals surface area contributed by atoms with Crippen molar-refractivity contribution in [1.82, 2.24) is 0 Å². The molecule has 3 nitrogen and oxygen atoms in total. The van der Waals surface area contributed by atoms with E-state index in [1.54, 1.807) is 18.2 Å². The maximum Gasteiger partial charge on any atom is 0.336 e. The molecule has 0 aromatic heterocycles. The summed E-state index contributed by atoms with van der Waals surface area (Å²) in [5.74, 6) is -2.02. The molecular formula is C21H20FNO2. The molecule has 1 N–H and O–H groups in total. The van der Waals surface area contributed by atoms with Gasteiger partial charge < -0.3 is 5.11 Å². The second-order valence-corrected chi connectivity index (χ2v) is 5.79. The Hall–Kier alpha value is -2.93. The lowest BCUT2D eigenvalue weighted by atomic mass is 9.95.